The fourth-order valence-corrected chi connectivity index (χ4v) is 3.06. The third-order valence-corrected chi connectivity index (χ3v) is 4.21. The zero-order chi connectivity index (χ0) is 16.8. The topological polar surface area (TPSA) is 38.8 Å². The van der Waals surface area contributed by atoms with Gasteiger partial charge >= 0.3 is 5.97 Å². The van der Waals surface area contributed by atoms with Crippen molar-refractivity contribution in [1.29, 1.82) is 0 Å². The smallest absolute Gasteiger partial charge is 0.332 e. The van der Waals surface area contributed by atoms with E-state index in [0.29, 0.717) is 6.61 Å². The van der Waals surface area contributed by atoms with Crippen molar-refractivity contribution in [3.63, 3.8) is 0 Å². The molecule has 0 spiro atoms. The van der Waals surface area contributed by atoms with Gasteiger partial charge in [-0.25, -0.2) is 4.79 Å². The Labute approximate surface area is 143 Å². The van der Waals surface area contributed by atoms with E-state index in [2.05, 4.69) is 53.4 Å². The van der Waals surface area contributed by atoms with Crippen LogP contribution in [0.4, 0.5) is 0 Å². The third kappa shape index (κ3) is 4.02. The number of ether oxygens (including phenoxy) is 2. The Hall–Kier alpha value is -2.17. The summed E-state index contributed by atoms with van der Waals surface area (Å²) in [5.41, 5.74) is 2.54. The van der Waals surface area contributed by atoms with Crippen molar-refractivity contribution < 1.29 is 14.3 Å². The first-order chi connectivity index (χ1) is 11.8. The molecule has 1 saturated heterocycles. The fraction of sp³-hybridized carbons (Fsp3) is 0.350. The lowest BCUT2D eigenvalue weighted by Crippen LogP contribution is -2.54. The highest BCUT2D eigenvalue weighted by atomic mass is 16.6. The van der Waals surface area contributed by atoms with Gasteiger partial charge in [0, 0.05) is 13.1 Å². The lowest BCUT2D eigenvalue weighted by Gasteiger charge is -2.44. The van der Waals surface area contributed by atoms with Crippen molar-refractivity contribution in [3.8, 4) is 0 Å². The summed E-state index contributed by atoms with van der Waals surface area (Å²) >= 11 is 0. The molecule has 4 nitrogen and oxygen atoms in total. The molecule has 0 atom stereocenters. The van der Waals surface area contributed by atoms with Crippen LogP contribution in [0.5, 0.6) is 0 Å². The lowest BCUT2D eigenvalue weighted by molar-refractivity contribution is -0.155. The van der Waals surface area contributed by atoms with Crippen LogP contribution in [-0.4, -0.2) is 43.3 Å². The first-order valence-corrected chi connectivity index (χ1v) is 8.39. The summed E-state index contributed by atoms with van der Waals surface area (Å²) in [5, 5.41) is 0. The van der Waals surface area contributed by atoms with Gasteiger partial charge in [-0.3, -0.25) is 4.90 Å². The number of hydrogen-bond donors (Lipinski definition) is 0. The van der Waals surface area contributed by atoms with E-state index in [1.807, 2.05) is 12.1 Å². The number of benzene rings is 2. The summed E-state index contributed by atoms with van der Waals surface area (Å²) < 4.78 is 10.5. The van der Waals surface area contributed by atoms with E-state index in [1.165, 1.54) is 11.1 Å². The molecule has 2 aromatic carbocycles. The molecule has 0 amide bonds. The Morgan fingerprint density at radius 3 is 2.08 bits per heavy atom. The largest absolute Gasteiger partial charge is 0.464 e. The first kappa shape index (κ1) is 16.7. The molecule has 0 radical (unpaired) electrons. The summed E-state index contributed by atoms with van der Waals surface area (Å²) in [6.45, 7) is 3.85. The van der Waals surface area contributed by atoms with Crippen molar-refractivity contribution in [1.82, 2.24) is 4.90 Å². The maximum atomic E-state index is 11.4. The number of carbonyl (C=O) groups is 1. The predicted octanol–water partition coefficient (Wildman–Crippen LogP) is 3.04. The quantitative estimate of drug-likeness (QED) is 0.734. The van der Waals surface area contributed by atoms with E-state index in [4.69, 9.17) is 9.47 Å². The molecule has 0 saturated carbocycles. The predicted molar refractivity (Wildman–Crippen MR) is 92.7 cm³/mol. The van der Waals surface area contributed by atoms with Crippen LogP contribution in [0.2, 0.25) is 0 Å². The molecule has 1 fully saturated rings. The van der Waals surface area contributed by atoms with E-state index >= 15 is 0 Å². The summed E-state index contributed by atoms with van der Waals surface area (Å²) in [5.74, 6) is -0.293. The van der Waals surface area contributed by atoms with Gasteiger partial charge in [0.1, 0.15) is 6.61 Å². The summed E-state index contributed by atoms with van der Waals surface area (Å²) in [6, 6.07) is 21.2. The Morgan fingerprint density at radius 2 is 1.58 bits per heavy atom. The maximum Gasteiger partial charge on any atom is 0.332 e. The van der Waals surface area contributed by atoms with Crippen LogP contribution < -0.4 is 0 Å². The van der Waals surface area contributed by atoms with Crippen LogP contribution >= 0.6 is 0 Å². The molecule has 0 N–H and O–H groups in total. The number of rotatable bonds is 7. The maximum absolute atomic E-state index is 11.4. The van der Waals surface area contributed by atoms with Gasteiger partial charge in [-0.15, -0.1) is 0 Å². The lowest BCUT2D eigenvalue weighted by atomic mass is 9.94. The van der Waals surface area contributed by atoms with Gasteiger partial charge in [0.05, 0.1) is 18.8 Å². The average molecular weight is 325 g/mol. The van der Waals surface area contributed by atoms with Gasteiger partial charge in [0.15, 0.2) is 0 Å². The Bertz CT molecular complexity index is 599. The second-order valence-electron chi connectivity index (χ2n) is 5.92. The average Bonchev–Trinajstić information content (AvgIpc) is 2.58. The molecule has 2 aromatic rings. The first-order valence-electron chi connectivity index (χ1n) is 8.39. The molecule has 0 unspecified atom stereocenters. The zero-order valence-electron chi connectivity index (χ0n) is 13.9. The minimum absolute atomic E-state index is 0.0354. The van der Waals surface area contributed by atoms with E-state index in [9.17, 15) is 4.79 Å². The van der Waals surface area contributed by atoms with Gasteiger partial charge in [-0.2, -0.15) is 0 Å². The number of carbonyl (C=O) groups excluding carboxylic acids is 1. The fourth-order valence-electron chi connectivity index (χ4n) is 3.06. The molecule has 1 aliphatic heterocycles. The van der Waals surface area contributed by atoms with Crippen LogP contribution in [0, 0.1) is 0 Å². The van der Waals surface area contributed by atoms with E-state index < -0.39 is 0 Å². The SMILES string of the molecule is CCOC(=O)COC1CN(C(c2ccccc2)c2ccccc2)C1. The highest BCUT2D eigenvalue weighted by molar-refractivity contribution is 5.70. The Kier molecular flexibility index (Phi) is 5.62. The second-order valence-corrected chi connectivity index (χ2v) is 5.92. The monoisotopic (exact) mass is 325 g/mol. The van der Waals surface area contributed by atoms with Crippen LogP contribution in [0.3, 0.4) is 0 Å². The number of nitrogens with zero attached hydrogens (tertiary/aromatic N) is 1. The molecule has 24 heavy (non-hydrogen) atoms. The highest BCUT2D eigenvalue weighted by Crippen LogP contribution is 2.32. The molecule has 1 heterocycles. The number of esters is 1. The Balaban J connectivity index is 1.63. The van der Waals surface area contributed by atoms with Crippen molar-refractivity contribution in [3.05, 3.63) is 71.8 Å². The van der Waals surface area contributed by atoms with E-state index in [1.54, 1.807) is 6.92 Å². The molecular formula is C20H23NO3. The highest BCUT2D eigenvalue weighted by Gasteiger charge is 2.34. The summed E-state index contributed by atoms with van der Waals surface area (Å²) in [4.78, 5) is 13.8. The number of likely N-dealkylation sites (tertiary alicyclic amines) is 1. The zero-order valence-corrected chi connectivity index (χ0v) is 13.9. The summed E-state index contributed by atoms with van der Waals surface area (Å²) in [6.07, 6.45) is 0.0873. The van der Waals surface area contributed by atoms with Gasteiger partial charge in [-0.1, -0.05) is 60.7 Å². The minimum atomic E-state index is -0.293. The Morgan fingerprint density at radius 1 is 1.04 bits per heavy atom. The molecule has 0 aromatic heterocycles. The minimum Gasteiger partial charge on any atom is -0.464 e. The van der Waals surface area contributed by atoms with Crippen LogP contribution in [0.25, 0.3) is 0 Å². The van der Waals surface area contributed by atoms with Gasteiger partial charge in [0.2, 0.25) is 0 Å². The molecule has 3 rings (SSSR count). The van der Waals surface area contributed by atoms with E-state index in [-0.39, 0.29) is 24.7 Å². The molecular weight excluding hydrogens is 302 g/mol. The van der Waals surface area contributed by atoms with Crippen LogP contribution in [0.15, 0.2) is 60.7 Å². The number of hydrogen-bond acceptors (Lipinski definition) is 4. The molecule has 1 aliphatic rings. The van der Waals surface area contributed by atoms with E-state index in [0.717, 1.165) is 13.1 Å². The van der Waals surface area contributed by atoms with Gasteiger partial charge in [-0.05, 0) is 18.1 Å². The van der Waals surface area contributed by atoms with Crippen LogP contribution in [0.1, 0.15) is 24.1 Å². The third-order valence-electron chi connectivity index (χ3n) is 4.21. The van der Waals surface area contributed by atoms with Crippen molar-refractivity contribution >= 4 is 5.97 Å². The van der Waals surface area contributed by atoms with Crippen molar-refractivity contribution in [2.45, 2.75) is 19.1 Å². The van der Waals surface area contributed by atoms with Crippen LogP contribution in [-0.2, 0) is 14.3 Å². The van der Waals surface area contributed by atoms with Crippen molar-refractivity contribution in [2.24, 2.45) is 0 Å². The standard InChI is InChI=1S/C20H23NO3/c1-2-23-19(22)15-24-18-13-21(14-18)20(16-9-5-3-6-10-16)17-11-7-4-8-12-17/h3-12,18,20H,2,13-15H2,1H3. The molecule has 0 aliphatic carbocycles. The second kappa shape index (κ2) is 8.08. The van der Waals surface area contributed by atoms with Gasteiger partial charge < -0.3 is 9.47 Å². The summed E-state index contributed by atoms with van der Waals surface area (Å²) in [7, 11) is 0. The molecule has 126 valence electrons. The normalized spacial score (nSPS) is 15.2. The van der Waals surface area contributed by atoms with Crippen molar-refractivity contribution in [2.75, 3.05) is 26.3 Å². The van der Waals surface area contributed by atoms with Gasteiger partial charge in [0.25, 0.3) is 0 Å². The molecule has 0 bridgehead atoms. The molecule has 4 heteroatoms.